The first-order valence-corrected chi connectivity index (χ1v) is 10.3. The van der Waals surface area contributed by atoms with Gasteiger partial charge in [-0.15, -0.1) is 5.10 Å². The van der Waals surface area contributed by atoms with Crippen LogP contribution in [0.2, 0.25) is 0 Å². The largest absolute Gasteiger partial charge is 0.507 e. The molecule has 4 nitrogen and oxygen atoms in total. The summed E-state index contributed by atoms with van der Waals surface area (Å²) in [4.78, 5) is 0.850. The SMILES string of the molecule is Cn1/c(=N/N=C\c2cc(C(C)(C)C)c(O)c(C(C)(C)C)c2)sc2ccccc21. The molecule has 5 heteroatoms. The molecule has 1 aromatic heterocycles. The zero-order chi connectivity index (χ0) is 20.7. The van der Waals surface area contributed by atoms with Crippen LogP contribution in [0, 0.1) is 0 Å². The van der Waals surface area contributed by atoms with Crippen molar-refractivity contribution in [3.05, 3.63) is 57.9 Å². The van der Waals surface area contributed by atoms with Gasteiger partial charge in [-0.3, -0.25) is 0 Å². The number of nitrogens with zero attached hydrogens (tertiary/aromatic N) is 3. The summed E-state index contributed by atoms with van der Waals surface area (Å²) in [7, 11) is 2.00. The van der Waals surface area contributed by atoms with E-state index in [1.807, 2.05) is 31.3 Å². The topological polar surface area (TPSA) is 49.9 Å². The summed E-state index contributed by atoms with van der Waals surface area (Å²) < 4.78 is 3.24. The standard InChI is InChI=1S/C23H29N3OS/c1-22(2,3)16-12-15(13-17(20(16)27)23(4,5)6)14-24-25-21-26(7)18-10-8-9-11-19(18)28-21/h8-14,27H,1-7H3/b24-14-,25-21-. The molecule has 148 valence electrons. The Balaban J connectivity index is 2.07. The molecule has 0 aliphatic carbocycles. The molecule has 3 aromatic rings. The Bertz CT molecular complexity index is 1070. The lowest BCUT2D eigenvalue weighted by Crippen LogP contribution is -2.17. The molecule has 1 N–H and O–H groups in total. The Morgan fingerprint density at radius 2 is 1.54 bits per heavy atom. The molecular formula is C23H29N3OS. The minimum atomic E-state index is -0.164. The van der Waals surface area contributed by atoms with Crippen molar-refractivity contribution in [1.29, 1.82) is 0 Å². The smallest absolute Gasteiger partial charge is 0.211 e. The van der Waals surface area contributed by atoms with Crippen LogP contribution in [-0.2, 0) is 17.9 Å². The molecule has 0 saturated heterocycles. The number of hydrogen-bond acceptors (Lipinski definition) is 4. The van der Waals surface area contributed by atoms with E-state index in [9.17, 15) is 5.11 Å². The van der Waals surface area contributed by atoms with Gasteiger partial charge in [0.2, 0.25) is 4.80 Å². The van der Waals surface area contributed by atoms with Crippen LogP contribution in [0.5, 0.6) is 5.75 Å². The molecular weight excluding hydrogens is 366 g/mol. The van der Waals surface area contributed by atoms with Gasteiger partial charge in [0, 0.05) is 18.2 Å². The van der Waals surface area contributed by atoms with E-state index in [-0.39, 0.29) is 10.8 Å². The fourth-order valence-corrected chi connectivity index (χ4v) is 4.17. The van der Waals surface area contributed by atoms with Crippen molar-refractivity contribution in [3.63, 3.8) is 0 Å². The van der Waals surface area contributed by atoms with E-state index in [4.69, 9.17) is 0 Å². The summed E-state index contributed by atoms with van der Waals surface area (Å²) in [6.45, 7) is 12.6. The summed E-state index contributed by atoms with van der Waals surface area (Å²) in [6, 6.07) is 12.3. The first kappa shape index (κ1) is 20.3. The van der Waals surface area contributed by atoms with E-state index in [0.29, 0.717) is 5.75 Å². The molecule has 28 heavy (non-hydrogen) atoms. The van der Waals surface area contributed by atoms with Gasteiger partial charge < -0.3 is 9.67 Å². The van der Waals surface area contributed by atoms with Crippen molar-refractivity contribution in [2.75, 3.05) is 0 Å². The maximum atomic E-state index is 10.8. The Morgan fingerprint density at radius 1 is 0.964 bits per heavy atom. The summed E-state index contributed by atoms with van der Waals surface area (Å²) in [5.41, 5.74) is 3.62. The molecule has 3 rings (SSSR count). The zero-order valence-electron chi connectivity index (χ0n) is 17.7. The molecule has 1 heterocycles. The Labute approximate surface area is 170 Å². The average Bonchev–Trinajstić information content (AvgIpc) is 2.90. The highest BCUT2D eigenvalue weighted by molar-refractivity contribution is 7.16. The number of thiazole rings is 1. The molecule has 0 aliphatic heterocycles. The molecule has 0 fully saturated rings. The molecule has 0 spiro atoms. The Morgan fingerprint density at radius 3 is 2.07 bits per heavy atom. The molecule has 0 amide bonds. The summed E-state index contributed by atoms with van der Waals surface area (Å²) in [6.07, 6.45) is 1.77. The number of hydrogen-bond donors (Lipinski definition) is 1. The van der Waals surface area contributed by atoms with Crippen LogP contribution < -0.4 is 4.80 Å². The van der Waals surface area contributed by atoms with Gasteiger partial charge >= 0.3 is 0 Å². The summed E-state index contributed by atoms with van der Waals surface area (Å²) in [5.74, 6) is 0.380. The number of aromatic hydroxyl groups is 1. The van der Waals surface area contributed by atoms with Gasteiger partial charge in [-0.05, 0) is 40.7 Å². The lowest BCUT2D eigenvalue weighted by molar-refractivity contribution is 0.423. The third kappa shape index (κ3) is 4.04. The minimum absolute atomic E-state index is 0.164. The number of fused-ring (bicyclic) bond motifs is 1. The Kier molecular flexibility index (Phi) is 5.24. The van der Waals surface area contributed by atoms with Gasteiger partial charge in [0.25, 0.3) is 0 Å². The van der Waals surface area contributed by atoms with E-state index < -0.39 is 0 Å². The number of aryl methyl sites for hydroxylation is 1. The quantitative estimate of drug-likeness (QED) is 0.454. The Hall–Kier alpha value is -2.40. The molecule has 0 bridgehead atoms. The van der Waals surface area contributed by atoms with Crippen LogP contribution in [0.15, 0.2) is 46.6 Å². The van der Waals surface area contributed by atoms with Crippen molar-refractivity contribution >= 4 is 27.8 Å². The first-order chi connectivity index (χ1) is 13.0. The number of benzene rings is 2. The van der Waals surface area contributed by atoms with Crippen molar-refractivity contribution < 1.29 is 5.11 Å². The maximum Gasteiger partial charge on any atom is 0.211 e. The second-order valence-electron chi connectivity index (χ2n) is 9.22. The van der Waals surface area contributed by atoms with Gasteiger partial charge in [0.15, 0.2) is 0 Å². The highest BCUT2D eigenvalue weighted by atomic mass is 32.1. The lowest BCUT2D eigenvalue weighted by atomic mass is 9.78. The van der Waals surface area contributed by atoms with Gasteiger partial charge in [-0.1, -0.05) is 65.0 Å². The van der Waals surface area contributed by atoms with Crippen molar-refractivity contribution in [3.8, 4) is 5.75 Å². The second-order valence-corrected chi connectivity index (χ2v) is 10.2. The predicted molar refractivity (Wildman–Crippen MR) is 119 cm³/mol. The minimum Gasteiger partial charge on any atom is -0.507 e. The van der Waals surface area contributed by atoms with Gasteiger partial charge in [0.05, 0.1) is 16.4 Å². The molecule has 0 radical (unpaired) electrons. The first-order valence-electron chi connectivity index (χ1n) is 9.48. The average molecular weight is 396 g/mol. The van der Waals surface area contributed by atoms with Crippen LogP contribution in [0.3, 0.4) is 0 Å². The van der Waals surface area contributed by atoms with Crippen molar-refractivity contribution in [2.24, 2.45) is 17.3 Å². The number of rotatable bonds is 2. The van der Waals surface area contributed by atoms with E-state index in [0.717, 1.165) is 27.0 Å². The van der Waals surface area contributed by atoms with Gasteiger partial charge in [0.1, 0.15) is 5.75 Å². The fourth-order valence-electron chi connectivity index (χ4n) is 3.20. The van der Waals surface area contributed by atoms with Crippen LogP contribution in [0.4, 0.5) is 0 Å². The van der Waals surface area contributed by atoms with Crippen molar-refractivity contribution in [1.82, 2.24) is 4.57 Å². The number of aromatic nitrogens is 1. The predicted octanol–water partition coefficient (Wildman–Crippen LogP) is 5.48. The van der Waals surface area contributed by atoms with E-state index in [1.165, 1.54) is 4.70 Å². The monoisotopic (exact) mass is 395 g/mol. The molecule has 2 aromatic carbocycles. The van der Waals surface area contributed by atoms with Gasteiger partial charge in [-0.2, -0.15) is 5.10 Å². The fraction of sp³-hybridized carbons (Fsp3) is 0.391. The molecule has 0 unspecified atom stereocenters. The lowest BCUT2D eigenvalue weighted by Gasteiger charge is -2.27. The summed E-state index contributed by atoms with van der Waals surface area (Å²) >= 11 is 1.62. The normalized spacial score (nSPS) is 13.8. The van der Waals surface area contributed by atoms with E-state index in [2.05, 4.69) is 68.4 Å². The van der Waals surface area contributed by atoms with Gasteiger partial charge in [-0.25, -0.2) is 0 Å². The number of para-hydroxylation sites is 1. The molecule has 0 atom stereocenters. The molecule has 0 saturated carbocycles. The van der Waals surface area contributed by atoms with Crippen LogP contribution >= 0.6 is 11.3 Å². The van der Waals surface area contributed by atoms with E-state index >= 15 is 0 Å². The number of phenols is 1. The van der Waals surface area contributed by atoms with Crippen LogP contribution in [0.25, 0.3) is 10.2 Å². The van der Waals surface area contributed by atoms with Crippen molar-refractivity contribution in [2.45, 2.75) is 52.4 Å². The second kappa shape index (κ2) is 7.21. The highest BCUT2D eigenvalue weighted by Gasteiger charge is 2.26. The van der Waals surface area contributed by atoms with Crippen LogP contribution in [-0.4, -0.2) is 15.9 Å². The summed E-state index contributed by atoms with van der Waals surface area (Å²) in [5, 5.41) is 19.6. The van der Waals surface area contributed by atoms with E-state index in [1.54, 1.807) is 17.6 Å². The molecule has 0 aliphatic rings. The maximum absolute atomic E-state index is 10.8. The third-order valence-electron chi connectivity index (χ3n) is 4.81. The van der Waals surface area contributed by atoms with Crippen LogP contribution in [0.1, 0.15) is 58.2 Å². The zero-order valence-corrected chi connectivity index (χ0v) is 18.6. The highest BCUT2D eigenvalue weighted by Crippen LogP contribution is 2.39. The number of phenolic OH excluding ortho intramolecular Hbond substituents is 1. The third-order valence-corrected chi connectivity index (χ3v) is 5.92.